The van der Waals surface area contributed by atoms with Gasteiger partial charge in [-0.3, -0.25) is 9.48 Å². The van der Waals surface area contributed by atoms with Crippen LogP contribution in [0.15, 0.2) is 42.7 Å². The van der Waals surface area contributed by atoms with Crippen molar-refractivity contribution in [3.8, 4) is 0 Å². The zero-order valence-corrected chi connectivity index (χ0v) is 15.8. The third-order valence-corrected chi connectivity index (χ3v) is 4.83. The molecule has 0 N–H and O–H groups in total. The van der Waals surface area contributed by atoms with E-state index in [2.05, 4.69) is 20.6 Å². The van der Waals surface area contributed by atoms with Gasteiger partial charge in [0.15, 0.2) is 0 Å². The maximum atomic E-state index is 13.0. The third-order valence-electron chi connectivity index (χ3n) is 4.83. The second-order valence-electron chi connectivity index (χ2n) is 6.91. The number of hydrogen-bond donors (Lipinski definition) is 0. The number of carbonyl (C=O) groups is 1. The topological polar surface area (TPSA) is 91.0 Å². The van der Waals surface area contributed by atoms with E-state index in [0.717, 1.165) is 17.8 Å². The van der Waals surface area contributed by atoms with E-state index in [9.17, 15) is 4.79 Å². The first kappa shape index (κ1) is 18.3. The van der Waals surface area contributed by atoms with Crippen LogP contribution < -0.4 is 0 Å². The van der Waals surface area contributed by atoms with Crippen LogP contribution in [0.1, 0.15) is 28.2 Å². The summed E-state index contributed by atoms with van der Waals surface area (Å²) in [7, 11) is 0. The highest BCUT2D eigenvalue weighted by Crippen LogP contribution is 2.14. The van der Waals surface area contributed by atoms with Gasteiger partial charge in [-0.05, 0) is 47.5 Å². The number of nitrogens with zero attached hydrogens (tertiary/aromatic N) is 7. The smallest absolute Gasteiger partial charge is 0.253 e. The van der Waals surface area contributed by atoms with E-state index in [1.807, 2.05) is 53.0 Å². The number of aryl methyl sites for hydroxylation is 1. The van der Waals surface area contributed by atoms with Crippen molar-refractivity contribution in [3.63, 3.8) is 0 Å². The van der Waals surface area contributed by atoms with Crippen molar-refractivity contribution in [2.24, 2.45) is 0 Å². The summed E-state index contributed by atoms with van der Waals surface area (Å²) in [6, 6.07) is 9.52. The van der Waals surface area contributed by atoms with E-state index in [4.69, 9.17) is 4.74 Å². The number of tetrazole rings is 1. The molecule has 0 radical (unpaired) electrons. The van der Waals surface area contributed by atoms with E-state index in [0.29, 0.717) is 38.3 Å². The molecule has 1 fully saturated rings. The molecule has 2 aromatic heterocycles. The zero-order chi connectivity index (χ0) is 19.3. The highest BCUT2D eigenvalue weighted by molar-refractivity contribution is 5.94. The Bertz CT molecular complexity index is 905. The molecule has 3 aromatic rings. The Balaban J connectivity index is 1.41. The number of amides is 1. The zero-order valence-electron chi connectivity index (χ0n) is 15.8. The van der Waals surface area contributed by atoms with Crippen LogP contribution in [0, 0.1) is 6.92 Å². The average Bonchev–Trinajstić information content (AvgIpc) is 3.29. The number of aromatic nitrogens is 6. The summed E-state index contributed by atoms with van der Waals surface area (Å²) in [5.41, 5.74) is 1.72. The predicted octanol–water partition coefficient (Wildman–Crippen LogP) is 1.16. The van der Waals surface area contributed by atoms with E-state index >= 15 is 0 Å². The Labute approximate surface area is 162 Å². The van der Waals surface area contributed by atoms with E-state index in [-0.39, 0.29) is 12.0 Å². The molecule has 0 unspecified atom stereocenters. The molecule has 4 rings (SSSR count). The Morgan fingerprint density at radius 2 is 2.14 bits per heavy atom. The molecule has 0 saturated carbocycles. The molecule has 1 aromatic carbocycles. The lowest BCUT2D eigenvalue weighted by molar-refractivity contribution is 0.0367. The molecule has 1 aliphatic rings. The van der Waals surface area contributed by atoms with Crippen molar-refractivity contribution in [2.45, 2.75) is 32.5 Å². The minimum absolute atomic E-state index is 0.0288. The fraction of sp³-hybridized carbons (Fsp3) is 0.421. The van der Waals surface area contributed by atoms with Crippen molar-refractivity contribution in [1.82, 2.24) is 34.9 Å². The van der Waals surface area contributed by atoms with Crippen molar-refractivity contribution in [2.75, 3.05) is 19.7 Å². The largest absolute Gasteiger partial charge is 0.374 e. The van der Waals surface area contributed by atoms with E-state index < -0.39 is 0 Å². The number of ether oxygens (including phenoxy) is 1. The van der Waals surface area contributed by atoms with Crippen LogP contribution in [0.25, 0.3) is 0 Å². The van der Waals surface area contributed by atoms with Gasteiger partial charge in [0.1, 0.15) is 5.82 Å². The van der Waals surface area contributed by atoms with Gasteiger partial charge in [0, 0.05) is 37.7 Å². The van der Waals surface area contributed by atoms with E-state index in [1.165, 1.54) is 0 Å². The van der Waals surface area contributed by atoms with Crippen LogP contribution in [0.5, 0.6) is 0 Å². The Morgan fingerprint density at radius 3 is 2.86 bits per heavy atom. The van der Waals surface area contributed by atoms with Crippen LogP contribution in [-0.2, 0) is 17.8 Å². The maximum absolute atomic E-state index is 13.0. The van der Waals surface area contributed by atoms with Crippen LogP contribution in [0.3, 0.4) is 0 Å². The second kappa shape index (κ2) is 8.30. The summed E-state index contributed by atoms with van der Waals surface area (Å²) >= 11 is 0. The standard InChI is InChI=1S/C19H23N7O2/c1-15-21-22-23-26(15)12-16-4-6-17(7-5-16)19(27)24-9-3-11-28-18(13-24)14-25-10-2-8-20-25/h2,4-8,10,18H,3,9,11-14H2,1H3/t18-/m0/s1. The minimum Gasteiger partial charge on any atom is -0.374 e. The maximum Gasteiger partial charge on any atom is 0.253 e. The first-order valence-electron chi connectivity index (χ1n) is 9.39. The fourth-order valence-corrected chi connectivity index (χ4v) is 3.31. The van der Waals surface area contributed by atoms with Gasteiger partial charge in [0.05, 0.1) is 19.2 Å². The summed E-state index contributed by atoms with van der Waals surface area (Å²) in [6.07, 6.45) is 4.43. The Morgan fingerprint density at radius 1 is 1.29 bits per heavy atom. The van der Waals surface area contributed by atoms with Crippen molar-refractivity contribution >= 4 is 5.91 Å². The SMILES string of the molecule is Cc1nnnn1Cc1ccc(C(=O)N2CCCO[C@H](Cn3cccn3)C2)cc1. The molecule has 0 bridgehead atoms. The molecule has 9 nitrogen and oxygen atoms in total. The summed E-state index contributed by atoms with van der Waals surface area (Å²) in [6.45, 7) is 4.99. The molecule has 28 heavy (non-hydrogen) atoms. The lowest BCUT2D eigenvalue weighted by atomic mass is 10.1. The quantitative estimate of drug-likeness (QED) is 0.659. The van der Waals surface area contributed by atoms with Gasteiger partial charge in [-0.25, -0.2) is 4.68 Å². The van der Waals surface area contributed by atoms with Gasteiger partial charge in [0.25, 0.3) is 5.91 Å². The van der Waals surface area contributed by atoms with Gasteiger partial charge >= 0.3 is 0 Å². The number of hydrogen-bond acceptors (Lipinski definition) is 6. The Kier molecular flexibility index (Phi) is 5.43. The molecule has 0 spiro atoms. The molecular formula is C19H23N7O2. The monoisotopic (exact) mass is 381 g/mol. The fourth-order valence-electron chi connectivity index (χ4n) is 3.31. The van der Waals surface area contributed by atoms with Crippen molar-refractivity contribution < 1.29 is 9.53 Å². The van der Waals surface area contributed by atoms with Crippen LogP contribution in [0.2, 0.25) is 0 Å². The highest BCUT2D eigenvalue weighted by Gasteiger charge is 2.24. The van der Waals surface area contributed by atoms with Gasteiger partial charge in [-0.2, -0.15) is 5.10 Å². The van der Waals surface area contributed by atoms with Crippen molar-refractivity contribution in [1.29, 1.82) is 0 Å². The van der Waals surface area contributed by atoms with Crippen LogP contribution in [0.4, 0.5) is 0 Å². The summed E-state index contributed by atoms with van der Waals surface area (Å²) in [5, 5.41) is 15.7. The third kappa shape index (κ3) is 4.25. The molecule has 1 aliphatic heterocycles. The van der Waals surface area contributed by atoms with Gasteiger partial charge in [0.2, 0.25) is 0 Å². The second-order valence-corrected chi connectivity index (χ2v) is 6.91. The van der Waals surface area contributed by atoms with Crippen molar-refractivity contribution in [3.05, 3.63) is 59.7 Å². The van der Waals surface area contributed by atoms with Gasteiger partial charge in [-0.15, -0.1) is 5.10 Å². The van der Waals surface area contributed by atoms with Gasteiger partial charge in [-0.1, -0.05) is 12.1 Å². The summed E-state index contributed by atoms with van der Waals surface area (Å²) < 4.78 is 9.47. The summed E-state index contributed by atoms with van der Waals surface area (Å²) in [4.78, 5) is 14.9. The van der Waals surface area contributed by atoms with Crippen LogP contribution in [-0.4, -0.2) is 66.6 Å². The number of rotatable bonds is 5. The van der Waals surface area contributed by atoms with Crippen LogP contribution >= 0.6 is 0 Å². The normalized spacial score (nSPS) is 17.5. The average molecular weight is 381 g/mol. The molecule has 1 amide bonds. The lowest BCUT2D eigenvalue weighted by Gasteiger charge is -2.24. The van der Waals surface area contributed by atoms with E-state index in [1.54, 1.807) is 10.9 Å². The molecule has 9 heteroatoms. The molecular weight excluding hydrogens is 358 g/mol. The highest BCUT2D eigenvalue weighted by atomic mass is 16.5. The first-order chi connectivity index (χ1) is 13.7. The minimum atomic E-state index is -0.0617. The first-order valence-corrected chi connectivity index (χ1v) is 9.39. The lowest BCUT2D eigenvalue weighted by Crippen LogP contribution is -2.38. The summed E-state index contributed by atoms with van der Waals surface area (Å²) in [5.74, 6) is 0.786. The molecule has 146 valence electrons. The predicted molar refractivity (Wildman–Crippen MR) is 101 cm³/mol. The number of benzene rings is 1. The molecule has 1 saturated heterocycles. The number of carbonyl (C=O) groups excluding carboxylic acids is 1. The van der Waals surface area contributed by atoms with Gasteiger partial charge < -0.3 is 9.64 Å². The molecule has 1 atom stereocenters. The Hall–Kier alpha value is -3.07. The molecule has 3 heterocycles. The molecule has 0 aliphatic carbocycles.